The first kappa shape index (κ1) is 21.8. The van der Waals surface area contributed by atoms with Crippen LogP contribution in [0.2, 0.25) is 0 Å². The summed E-state index contributed by atoms with van der Waals surface area (Å²) in [4.78, 5) is 12.8. The van der Waals surface area contributed by atoms with Gasteiger partial charge in [0.2, 0.25) is 0 Å². The molecule has 0 atom stereocenters. The van der Waals surface area contributed by atoms with Crippen LogP contribution in [0.25, 0.3) is 17.3 Å². The Morgan fingerprint density at radius 2 is 1.64 bits per heavy atom. The number of anilines is 1. The average Bonchev–Trinajstić information content (AvgIpc) is 3.26. The zero-order valence-electron chi connectivity index (χ0n) is 18.4. The number of nitrogens with zero attached hydrogens (tertiary/aromatic N) is 3. The highest BCUT2D eigenvalue weighted by molar-refractivity contribution is 6.10. The largest absolute Gasteiger partial charge is 0.321 e. The monoisotopic (exact) mass is 432 g/mol. The fourth-order valence-electron chi connectivity index (χ4n) is 3.54. The molecule has 0 saturated carbocycles. The molecule has 0 fully saturated rings. The van der Waals surface area contributed by atoms with Crippen LogP contribution in [0.3, 0.4) is 0 Å². The second-order valence-electron chi connectivity index (χ2n) is 7.66. The van der Waals surface area contributed by atoms with E-state index in [0.29, 0.717) is 17.8 Å². The van der Waals surface area contributed by atoms with Crippen LogP contribution in [-0.2, 0) is 17.8 Å². The molecule has 0 unspecified atom stereocenters. The molecule has 5 heteroatoms. The van der Waals surface area contributed by atoms with Crippen LogP contribution in [0.1, 0.15) is 23.6 Å². The summed E-state index contributed by atoms with van der Waals surface area (Å²) in [7, 11) is 0. The molecule has 1 amide bonds. The van der Waals surface area contributed by atoms with Crippen molar-refractivity contribution in [3.8, 4) is 17.3 Å². The minimum atomic E-state index is -0.448. The number of benzene rings is 3. The lowest BCUT2D eigenvalue weighted by atomic mass is 10.1. The number of aromatic nitrogens is 2. The fourth-order valence-corrected chi connectivity index (χ4v) is 3.54. The molecule has 4 aromatic rings. The van der Waals surface area contributed by atoms with Gasteiger partial charge in [-0.2, -0.15) is 10.4 Å². The van der Waals surface area contributed by atoms with Crippen LogP contribution in [0.5, 0.6) is 0 Å². The molecule has 5 nitrogen and oxygen atoms in total. The molecule has 3 aromatic carbocycles. The van der Waals surface area contributed by atoms with Gasteiger partial charge in [0.25, 0.3) is 5.91 Å². The lowest BCUT2D eigenvalue weighted by Gasteiger charge is -2.05. The predicted octanol–water partition coefficient (Wildman–Crippen LogP) is 5.71. The minimum Gasteiger partial charge on any atom is -0.321 e. The summed E-state index contributed by atoms with van der Waals surface area (Å²) in [5, 5.41) is 17.3. The van der Waals surface area contributed by atoms with Crippen molar-refractivity contribution in [3.05, 3.63) is 113 Å². The Balaban J connectivity index is 1.65. The molecule has 0 saturated heterocycles. The summed E-state index contributed by atoms with van der Waals surface area (Å²) in [6.07, 6.45) is 4.40. The maximum Gasteiger partial charge on any atom is 0.266 e. The Kier molecular flexibility index (Phi) is 6.77. The molecule has 1 heterocycles. The van der Waals surface area contributed by atoms with Gasteiger partial charge in [0, 0.05) is 23.0 Å². The third kappa shape index (κ3) is 5.44. The molecular weight excluding hydrogens is 408 g/mol. The quantitative estimate of drug-likeness (QED) is 0.300. The molecule has 4 rings (SSSR count). The second kappa shape index (κ2) is 10.3. The van der Waals surface area contributed by atoms with Crippen LogP contribution in [0, 0.1) is 11.3 Å². The first-order valence-electron chi connectivity index (χ1n) is 10.8. The number of amides is 1. The molecule has 0 spiro atoms. The zero-order chi connectivity index (χ0) is 23.0. The van der Waals surface area contributed by atoms with Gasteiger partial charge in [-0.15, -0.1) is 0 Å². The Morgan fingerprint density at radius 1 is 0.970 bits per heavy atom. The SMILES string of the molecule is CCc1ccc(NC(=O)C(C#N)=Cc2cn(Cc3ccccc3)nc2-c2ccccc2)cc1. The summed E-state index contributed by atoms with van der Waals surface area (Å²) in [6.45, 7) is 2.67. The fraction of sp³-hybridized carbons (Fsp3) is 0.107. The van der Waals surface area contributed by atoms with Crippen LogP contribution in [-0.4, -0.2) is 15.7 Å². The van der Waals surface area contributed by atoms with Crippen molar-refractivity contribution in [2.75, 3.05) is 5.32 Å². The van der Waals surface area contributed by atoms with E-state index in [9.17, 15) is 10.1 Å². The highest BCUT2D eigenvalue weighted by Crippen LogP contribution is 2.25. The van der Waals surface area contributed by atoms with E-state index in [1.54, 1.807) is 6.08 Å². The van der Waals surface area contributed by atoms with Crippen molar-refractivity contribution < 1.29 is 4.79 Å². The molecular formula is C28H24N4O. The number of hydrogen-bond donors (Lipinski definition) is 1. The smallest absolute Gasteiger partial charge is 0.266 e. The molecule has 0 bridgehead atoms. The first-order chi connectivity index (χ1) is 16.2. The van der Waals surface area contributed by atoms with E-state index in [-0.39, 0.29) is 5.57 Å². The summed E-state index contributed by atoms with van der Waals surface area (Å²) in [5.41, 5.74) is 5.33. The zero-order valence-corrected chi connectivity index (χ0v) is 18.4. The van der Waals surface area contributed by atoms with Gasteiger partial charge in [-0.25, -0.2) is 0 Å². The highest BCUT2D eigenvalue weighted by Gasteiger charge is 2.15. The summed E-state index contributed by atoms with van der Waals surface area (Å²) >= 11 is 0. The topological polar surface area (TPSA) is 70.7 Å². The van der Waals surface area contributed by atoms with Crippen LogP contribution < -0.4 is 5.32 Å². The van der Waals surface area contributed by atoms with Crippen LogP contribution >= 0.6 is 0 Å². The lowest BCUT2D eigenvalue weighted by molar-refractivity contribution is -0.112. The normalized spacial score (nSPS) is 11.1. The summed E-state index contributed by atoms with van der Waals surface area (Å²) < 4.78 is 1.83. The Hall–Kier alpha value is -4.43. The van der Waals surface area contributed by atoms with Gasteiger partial charge >= 0.3 is 0 Å². The van der Waals surface area contributed by atoms with Crippen molar-refractivity contribution in [1.82, 2.24) is 9.78 Å². The molecule has 0 aliphatic rings. The highest BCUT2D eigenvalue weighted by atomic mass is 16.1. The van der Waals surface area contributed by atoms with Crippen molar-refractivity contribution in [2.24, 2.45) is 0 Å². The van der Waals surface area contributed by atoms with E-state index in [2.05, 4.69) is 12.2 Å². The van der Waals surface area contributed by atoms with Gasteiger partial charge in [0.05, 0.1) is 12.2 Å². The molecule has 33 heavy (non-hydrogen) atoms. The Labute approximate surface area is 193 Å². The van der Waals surface area contributed by atoms with E-state index in [4.69, 9.17) is 5.10 Å². The van der Waals surface area contributed by atoms with Crippen molar-refractivity contribution in [2.45, 2.75) is 19.9 Å². The average molecular weight is 433 g/mol. The van der Waals surface area contributed by atoms with Crippen molar-refractivity contribution in [1.29, 1.82) is 5.26 Å². The van der Waals surface area contributed by atoms with Crippen molar-refractivity contribution >= 4 is 17.7 Å². The third-order valence-electron chi connectivity index (χ3n) is 5.31. The Morgan fingerprint density at radius 3 is 2.27 bits per heavy atom. The molecule has 0 aliphatic heterocycles. The second-order valence-corrected chi connectivity index (χ2v) is 7.66. The van der Waals surface area contributed by atoms with Gasteiger partial charge < -0.3 is 5.32 Å². The standard InChI is InChI=1S/C28H24N4O/c1-2-21-13-15-26(16-14-21)30-28(33)24(18-29)17-25-20-32(19-22-9-5-3-6-10-22)31-27(25)23-11-7-4-8-12-23/h3-17,20H,2,19H2,1H3,(H,30,33). The van der Waals surface area contributed by atoms with E-state index < -0.39 is 5.91 Å². The number of rotatable bonds is 7. The van der Waals surface area contributed by atoms with Gasteiger partial charge in [-0.05, 0) is 35.8 Å². The van der Waals surface area contributed by atoms with Crippen molar-refractivity contribution in [3.63, 3.8) is 0 Å². The molecule has 0 radical (unpaired) electrons. The predicted molar refractivity (Wildman–Crippen MR) is 131 cm³/mol. The number of hydrogen-bond acceptors (Lipinski definition) is 3. The number of nitrogens with one attached hydrogen (secondary N) is 1. The molecule has 1 aromatic heterocycles. The van der Waals surface area contributed by atoms with E-state index >= 15 is 0 Å². The molecule has 162 valence electrons. The number of carbonyl (C=O) groups is 1. The van der Waals surface area contributed by atoms with Gasteiger partial charge in [-0.1, -0.05) is 79.7 Å². The molecule has 1 N–H and O–H groups in total. The third-order valence-corrected chi connectivity index (χ3v) is 5.31. The maximum absolute atomic E-state index is 12.8. The minimum absolute atomic E-state index is 0.0195. The summed E-state index contributed by atoms with van der Waals surface area (Å²) in [5.74, 6) is -0.448. The summed E-state index contributed by atoms with van der Waals surface area (Å²) in [6, 6.07) is 29.5. The van der Waals surface area contributed by atoms with Crippen LogP contribution in [0.4, 0.5) is 5.69 Å². The first-order valence-corrected chi connectivity index (χ1v) is 10.8. The van der Waals surface area contributed by atoms with E-state index in [1.807, 2.05) is 102 Å². The van der Waals surface area contributed by atoms with Gasteiger partial charge in [0.15, 0.2) is 0 Å². The lowest BCUT2D eigenvalue weighted by Crippen LogP contribution is -2.13. The number of nitriles is 1. The van der Waals surface area contributed by atoms with Gasteiger partial charge in [-0.3, -0.25) is 9.48 Å². The maximum atomic E-state index is 12.8. The molecule has 0 aliphatic carbocycles. The van der Waals surface area contributed by atoms with Crippen LogP contribution in [0.15, 0.2) is 96.7 Å². The van der Waals surface area contributed by atoms with E-state index in [0.717, 1.165) is 23.2 Å². The van der Waals surface area contributed by atoms with Gasteiger partial charge in [0.1, 0.15) is 11.6 Å². The van der Waals surface area contributed by atoms with E-state index in [1.165, 1.54) is 5.56 Å². The number of carbonyl (C=O) groups excluding carboxylic acids is 1. The number of aryl methyl sites for hydroxylation is 1. The Bertz CT molecular complexity index is 1300.